The summed E-state index contributed by atoms with van der Waals surface area (Å²) in [4.78, 5) is 0.234. The van der Waals surface area contributed by atoms with Crippen LogP contribution in [0, 0.1) is 0 Å². The summed E-state index contributed by atoms with van der Waals surface area (Å²) in [6.45, 7) is 4.00. The summed E-state index contributed by atoms with van der Waals surface area (Å²) in [6.07, 6.45) is 2.70. The van der Waals surface area contributed by atoms with E-state index in [1.54, 1.807) is 18.2 Å². The maximum atomic E-state index is 12.3. The SMILES string of the molecule is CC.CNS(=O)(=O)C1=CC(S(=O)(=O)c2ccccc2)=CC1. The minimum absolute atomic E-state index is 0.0209. The summed E-state index contributed by atoms with van der Waals surface area (Å²) >= 11 is 0. The average Bonchev–Trinajstić information content (AvgIpc) is 3.02. The summed E-state index contributed by atoms with van der Waals surface area (Å²) in [6, 6.07) is 7.92. The first kappa shape index (κ1) is 17.6. The van der Waals surface area contributed by atoms with Crippen LogP contribution in [0.3, 0.4) is 0 Å². The Morgan fingerprint density at radius 1 is 1.00 bits per heavy atom. The van der Waals surface area contributed by atoms with E-state index in [9.17, 15) is 16.8 Å². The molecular weight excluding hydrogens is 310 g/mol. The summed E-state index contributed by atoms with van der Waals surface area (Å²) in [5, 5.41) is 0. The van der Waals surface area contributed by atoms with Gasteiger partial charge in [-0.15, -0.1) is 0 Å². The largest absolute Gasteiger partial charge is 0.236 e. The Balaban J connectivity index is 0.00000106. The minimum Gasteiger partial charge on any atom is -0.219 e. The van der Waals surface area contributed by atoms with Crippen LogP contribution >= 0.6 is 0 Å². The first-order valence-corrected chi connectivity index (χ1v) is 9.49. The second-order valence-corrected chi connectivity index (χ2v) is 7.83. The van der Waals surface area contributed by atoms with Gasteiger partial charge in [0, 0.05) is 6.42 Å². The summed E-state index contributed by atoms with van der Waals surface area (Å²) in [5.74, 6) is 0. The van der Waals surface area contributed by atoms with E-state index in [-0.39, 0.29) is 21.1 Å². The Morgan fingerprint density at radius 3 is 2.10 bits per heavy atom. The van der Waals surface area contributed by atoms with E-state index in [4.69, 9.17) is 0 Å². The number of hydrogen-bond donors (Lipinski definition) is 1. The van der Waals surface area contributed by atoms with E-state index in [1.165, 1.54) is 31.3 Å². The molecule has 5 nitrogen and oxygen atoms in total. The highest BCUT2D eigenvalue weighted by Gasteiger charge is 2.26. The average molecular weight is 329 g/mol. The van der Waals surface area contributed by atoms with Crippen molar-refractivity contribution in [3.63, 3.8) is 0 Å². The highest BCUT2D eigenvalue weighted by atomic mass is 32.2. The van der Waals surface area contributed by atoms with Crippen LogP contribution in [0.25, 0.3) is 0 Å². The molecule has 0 spiro atoms. The fourth-order valence-corrected chi connectivity index (χ4v) is 4.03. The topological polar surface area (TPSA) is 80.3 Å². The van der Waals surface area contributed by atoms with Gasteiger partial charge in [-0.05, 0) is 25.3 Å². The monoisotopic (exact) mass is 329 g/mol. The lowest BCUT2D eigenvalue weighted by Crippen LogP contribution is -2.19. The van der Waals surface area contributed by atoms with E-state index in [0.29, 0.717) is 0 Å². The Labute approximate surface area is 126 Å². The van der Waals surface area contributed by atoms with E-state index >= 15 is 0 Å². The summed E-state index contributed by atoms with van der Waals surface area (Å²) < 4.78 is 49.9. The van der Waals surface area contributed by atoms with Crippen molar-refractivity contribution in [3.05, 3.63) is 52.3 Å². The van der Waals surface area contributed by atoms with Crippen LogP contribution in [0.2, 0.25) is 0 Å². The van der Waals surface area contributed by atoms with Crippen molar-refractivity contribution in [2.45, 2.75) is 25.2 Å². The molecule has 0 amide bonds. The second-order valence-electron chi connectivity index (χ2n) is 3.95. The predicted octanol–water partition coefficient (Wildman–Crippen LogP) is 2.21. The van der Waals surface area contributed by atoms with Crippen molar-refractivity contribution in [2.24, 2.45) is 0 Å². The molecule has 0 unspecified atom stereocenters. The number of sulfonamides is 1. The number of sulfone groups is 1. The molecule has 1 N–H and O–H groups in total. The van der Waals surface area contributed by atoms with Gasteiger partial charge in [0.1, 0.15) is 0 Å². The Morgan fingerprint density at radius 2 is 1.57 bits per heavy atom. The number of benzene rings is 1. The molecule has 1 aromatic rings. The van der Waals surface area contributed by atoms with Crippen molar-refractivity contribution in [1.29, 1.82) is 0 Å². The standard InChI is InChI=1S/C12H13NO4S2.C2H6/c1-13-19(16,17)12-8-7-11(9-12)18(14,15)10-5-3-2-4-6-10;1-2/h2-7,9,13H,8H2,1H3;1-2H3. The van der Waals surface area contributed by atoms with Crippen LogP contribution in [-0.2, 0) is 19.9 Å². The van der Waals surface area contributed by atoms with Crippen molar-refractivity contribution in [3.8, 4) is 0 Å². The fourth-order valence-electron chi connectivity index (χ4n) is 1.72. The lowest BCUT2D eigenvalue weighted by atomic mass is 10.4. The number of nitrogens with one attached hydrogen (secondary N) is 1. The van der Waals surface area contributed by atoms with Crippen LogP contribution in [0.5, 0.6) is 0 Å². The molecule has 0 aliphatic heterocycles. The molecular formula is C14H19NO4S2. The molecule has 0 saturated carbocycles. The van der Waals surface area contributed by atoms with Crippen molar-refractivity contribution >= 4 is 19.9 Å². The first-order chi connectivity index (χ1) is 9.88. The normalized spacial score (nSPS) is 14.8. The van der Waals surface area contributed by atoms with Crippen LogP contribution < -0.4 is 4.72 Å². The first-order valence-electron chi connectivity index (χ1n) is 6.52. The molecule has 2 rings (SSSR count). The molecule has 0 atom stereocenters. The van der Waals surface area contributed by atoms with E-state index in [2.05, 4.69) is 4.72 Å². The maximum Gasteiger partial charge on any atom is 0.236 e. The van der Waals surface area contributed by atoms with Gasteiger partial charge >= 0.3 is 0 Å². The van der Waals surface area contributed by atoms with Gasteiger partial charge in [0.05, 0.1) is 14.7 Å². The molecule has 116 valence electrons. The molecule has 0 fully saturated rings. The summed E-state index contributed by atoms with van der Waals surface area (Å²) in [7, 11) is -5.93. The van der Waals surface area contributed by atoms with Gasteiger partial charge < -0.3 is 0 Å². The van der Waals surface area contributed by atoms with Gasteiger partial charge in [0.15, 0.2) is 0 Å². The molecule has 1 aliphatic carbocycles. The van der Waals surface area contributed by atoms with Gasteiger partial charge in [0.25, 0.3) is 0 Å². The molecule has 0 aromatic heterocycles. The van der Waals surface area contributed by atoms with Crippen LogP contribution in [0.1, 0.15) is 20.3 Å². The van der Waals surface area contributed by atoms with Crippen molar-refractivity contribution < 1.29 is 16.8 Å². The Hall–Kier alpha value is -1.44. The zero-order chi connectivity index (χ0) is 16.1. The number of hydrogen-bond acceptors (Lipinski definition) is 4. The third-order valence-corrected chi connectivity index (χ3v) is 6.10. The molecule has 1 aromatic carbocycles. The van der Waals surface area contributed by atoms with Crippen molar-refractivity contribution in [2.75, 3.05) is 7.05 Å². The molecule has 1 aliphatic rings. The van der Waals surface area contributed by atoms with Gasteiger partial charge in [-0.25, -0.2) is 21.6 Å². The van der Waals surface area contributed by atoms with Crippen LogP contribution in [0.4, 0.5) is 0 Å². The lowest BCUT2D eigenvalue weighted by molar-refractivity contribution is 0.593. The lowest BCUT2D eigenvalue weighted by Gasteiger charge is -2.03. The van der Waals surface area contributed by atoms with Gasteiger partial charge in [0.2, 0.25) is 19.9 Å². The van der Waals surface area contributed by atoms with Gasteiger partial charge in [-0.1, -0.05) is 38.1 Å². The maximum absolute atomic E-state index is 12.3. The Kier molecular flexibility index (Phi) is 5.88. The van der Waals surface area contributed by atoms with E-state index < -0.39 is 19.9 Å². The molecule has 0 saturated heterocycles. The van der Waals surface area contributed by atoms with E-state index in [0.717, 1.165) is 0 Å². The third-order valence-electron chi connectivity index (χ3n) is 2.79. The molecule has 0 bridgehead atoms. The minimum atomic E-state index is -3.65. The Bertz CT molecular complexity index is 745. The molecule has 21 heavy (non-hydrogen) atoms. The third kappa shape index (κ3) is 3.81. The van der Waals surface area contributed by atoms with Gasteiger partial charge in [-0.3, -0.25) is 0 Å². The summed E-state index contributed by atoms with van der Waals surface area (Å²) in [5.41, 5.74) is 0. The number of allylic oxidation sites excluding steroid dienone is 3. The highest BCUT2D eigenvalue weighted by molar-refractivity contribution is 7.96. The molecule has 7 heteroatoms. The zero-order valence-corrected chi connectivity index (χ0v) is 13.8. The molecule has 0 heterocycles. The van der Waals surface area contributed by atoms with E-state index in [1.807, 2.05) is 13.8 Å². The highest BCUT2D eigenvalue weighted by Crippen LogP contribution is 2.29. The van der Waals surface area contributed by atoms with Crippen molar-refractivity contribution in [1.82, 2.24) is 4.72 Å². The predicted molar refractivity (Wildman–Crippen MR) is 83.7 cm³/mol. The second kappa shape index (κ2) is 7.02. The van der Waals surface area contributed by atoms with Crippen LogP contribution in [0.15, 0.2) is 57.2 Å². The zero-order valence-electron chi connectivity index (χ0n) is 12.2. The molecule has 0 radical (unpaired) electrons. The van der Waals surface area contributed by atoms with Crippen LogP contribution in [-0.4, -0.2) is 23.9 Å². The fraction of sp³-hybridized carbons (Fsp3) is 0.286. The van der Waals surface area contributed by atoms with Gasteiger partial charge in [-0.2, -0.15) is 0 Å². The smallest absolute Gasteiger partial charge is 0.219 e. The number of rotatable bonds is 4. The quantitative estimate of drug-likeness (QED) is 0.918.